The number of imidazole rings is 1. The van der Waals surface area contributed by atoms with Gasteiger partial charge in [-0.05, 0) is 26.2 Å². The second-order valence-corrected chi connectivity index (χ2v) is 5.26. The van der Waals surface area contributed by atoms with Crippen molar-refractivity contribution in [2.45, 2.75) is 38.6 Å². The summed E-state index contributed by atoms with van der Waals surface area (Å²) in [6.45, 7) is 4.67. The van der Waals surface area contributed by atoms with E-state index in [1.54, 1.807) is 6.20 Å². The van der Waals surface area contributed by atoms with E-state index in [0.717, 1.165) is 31.8 Å². The van der Waals surface area contributed by atoms with Gasteiger partial charge in [0.1, 0.15) is 5.82 Å². The third kappa shape index (κ3) is 3.80. The monoisotopic (exact) mass is 264 g/mol. The van der Waals surface area contributed by atoms with Gasteiger partial charge in [-0.3, -0.25) is 4.79 Å². The van der Waals surface area contributed by atoms with E-state index >= 15 is 0 Å². The van der Waals surface area contributed by atoms with Gasteiger partial charge in [-0.1, -0.05) is 0 Å². The van der Waals surface area contributed by atoms with E-state index in [0.29, 0.717) is 13.0 Å². The van der Waals surface area contributed by atoms with Crippen molar-refractivity contribution in [2.24, 2.45) is 7.05 Å². The van der Waals surface area contributed by atoms with Gasteiger partial charge < -0.3 is 14.8 Å². The van der Waals surface area contributed by atoms with Gasteiger partial charge in [0, 0.05) is 45.5 Å². The van der Waals surface area contributed by atoms with Crippen LogP contribution in [0, 0.1) is 0 Å². The lowest BCUT2D eigenvalue weighted by Crippen LogP contribution is -2.37. The smallest absolute Gasteiger partial charge is 0.223 e. The summed E-state index contributed by atoms with van der Waals surface area (Å²) in [6.07, 6.45) is 7.89. The number of hydrogen-bond donors (Lipinski definition) is 1. The van der Waals surface area contributed by atoms with Gasteiger partial charge in [0.2, 0.25) is 5.91 Å². The fraction of sp³-hybridized carbons (Fsp3) is 0.714. The molecule has 5 heteroatoms. The van der Waals surface area contributed by atoms with E-state index in [2.05, 4.69) is 17.2 Å². The molecule has 0 radical (unpaired) electrons. The van der Waals surface area contributed by atoms with Gasteiger partial charge >= 0.3 is 0 Å². The van der Waals surface area contributed by atoms with Gasteiger partial charge in [0.25, 0.3) is 0 Å². The summed E-state index contributed by atoms with van der Waals surface area (Å²) in [5.74, 6) is 1.28. The molecule has 106 valence electrons. The van der Waals surface area contributed by atoms with Crippen molar-refractivity contribution in [2.75, 3.05) is 19.6 Å². The molecule has 1 unspecified atom stereocenters. The zero-order valence-electron chi connectivity index (χ0n) is 11.9. The molecule has 1 amide bonds. The van der Waals surface area contributed by atoms with Crippen molar-refractivity contribution in [1.82, 2.24) is 19.8 Å². The minimum absolute atomic E-state index is 0.175. The van der Waals surface area contributed by atoms with E-state index in [4.69, 9.17) is 0 Å². The Morgan fingerprint density at radius 1 is 1.42 bits per heavy atom. The minimum atomic E-state index is 0.175. The van der Waals surface area contributed by atoms with Gasteiger partial charge in [-0.15, -0.1) is 0 Å². The number of nitrogens with zero attached hydrogens (tertiary/aromatic N) is 3. The topological polar surface area (TPSA) is 50.2 Å². The number of nitrogens with one attached hydrogen (secondary N) is 1. The van der Waals surface area contributed by atoms with Crippen molar-refractivity contribution in [3.05, 3.63) is 18.2 Å². The summed E-state index contributed by atoms with van der Waals surface area (Å²) in [6, 6.07) is 0.175. The summed E-state index contributed by atoms with van der Waals surface area (Å²) in [4.78, 5) is 18.3. The predicted molar refractivity (Wildman–Crippen MR) is 74.7 cm³/mol. The van der Waals surface area contributed by atoms with E-state index in [1.165, 1.54) is 6.42 Å². The second kappa shape index (κ2) is 6.70. The Kier molecular flexibility index (Phi) is 4.96. The first-order valence-electron chi connectivity index (χ1n) is 7.17. The van der Waals surface area contributed by atoms with Crippen molar-refractivity contribution >= 4 is 5.91 Å². The number of amides is 1. The average Bonchev–Trinajstić information content (AvgIpc) is 2.86. The highest BCUT2D eigenvalue weighted by Gasteiger charge is 2.16. The third-order valence-electron chi connectivity index (χ3n) is 3.74. The molecule has 0 aliphatic carbocycles. The van der Waals surface area contributed by atoms with Crippen molar-refractivity contribution in [1.29, 1.82) is 0 Å². The number of carbonyl (C=O) groups excluding carboxylic acids is 1. The number of aryl methyl sites for hydroxylation is 1. The molecule has 5 nitrogen and oxygen atoms in total. The Balaban J connectivity index is 1.71. The lowest BCUT2D eigenvalue weighted by atomic mass is 10.1. The SMILES string of the molecule is CC(NCCC(=O)N1CCCCC1)c1nccn1C. The maximum atomic E-state index is 12.0. The molecule has 1 aliphatic heterocycles. The number of likely N-dealkylation sites (tertiary alicyclic amines) is 1. The Labute approximate surface area is 115 Å². The van der Waals surface area contributed by atoms with E-state index in [1.807, 2.05) is 22.7 Å². The largest absolute Gasteiger partial charge is 0.343 e. The van der Waals surface area contributed by atoms with Crippen LogP contribution < -0.4 is 5.32 Å². The van der Waals surface area contributed by atoms with Crippen LogP contribution in [-0.4, -0.2) is 40.0 Å². The normalized spacial score (nSPS) is 17.5. The number of rotatable bonds is 5. The van der Waals surface area contributed by atoms with E-state index in [-0.39, 0.29) is 11.9 Å². The molecule has 1 aliphatic rings. The molecule has 1 saturated heterocycles. The van der Waals surface area contributed by atoms with Crippen LogP contribution in [0.5, 0.6) is 0 Å². The van der Waals surface area contributed by atoms with Crippen molar-refractivity contribution in [3.8, 4) is 0 Å². The van der Waals surface area contributed by atoms with Crippen LogP contribution in [0.15, 0.2) is 12.4 Å². The highest BCUT2D eigenvalue weighted by Crippen LogP contribution is 2.11. The van der Waals surface area contributed by atoms with E-state index < -0.39 is 0 Å². The predicted octanol–water partition coefficient (Wildman–Crippen LogP) is 1.47. The van der Waals surface area contributed by atoms with Crippen LogP contribution in [-0.2, 0) is 11.8 Å². The van der Waals surface area contributed by atoms with Crippen LogP contribution in [0.2, 0.25) is 0 Å². The quantitative estimate of drug-likeness (QED) is 0.876. The Hall–Kier alpha value is -1.36. The van der Waals surface area contributed by atoms with Gasteiger partial charge in [-0.2, -0.15) is 0 Å². The molecular weight excluding hydrogens is 240 g/mol. The van der Waals surface area contributed by atoms with Gasteiger partial charge in [-0.25, -0.2) is 4.98 Å². The molecule has 1 atom stereocenters. The molecule has 0 bridgehead atoms. The molecule has 0 aromatic carbocycles. The summed E-state index contributed by atoms with van der Waals surface area (Å²) < 4.78 is 2.00. The first-order valence-corrected chi connectivity index (χ1v) is 7.17. The summed E-state index contributed by atoms with van der Waals surface area (Å²) in [5, 5.41) is 3.37. The van der Waals surface area contributed by atoms with Crippen LogP contribution in [0.1, 0.15) is 44.5 Å². The Bertz CT molecular complexity index is 409. The Morgan fingerprint density at radius 3 is 2.79 bits per heavy atom. The maximum Gasteiger partial charge on any atom is 0.223 e. The third-order valence-corrected chi connectivity index (χ3v) is 3.74. The molecular formula is C14H24N4O. The zero-order valence-corrected chi connectivity index (χ0v) is 11.9. The molecule has 0 saturated carbocycles. The lowest BCUT2D eigenvalue weighted by Gasteiger charge is -2.27. The molecule has 2 heterocycles. The van der Waals surface area contributed by atoms with E-state index in [9.17, 15) is 4.79 Å². The van der Waals surface area contributed by atoms with Gasteiger partial charge in [0.05, 0.1) is 6.04 Å². The summed E-state index contributed by atoms with van der Waals surface area (Å²) in [5.41, 5.74) is 0. The number of aromatic nitrogens is 2. The number of hydrogen-bond acceptors (Lipinski definition) is 3. The highest BCUT2D eigenvalue weighted by molar-refractivity contribution is 5.76. The molecule has 1 fully saturated rings. The molecule has 1 aromatic heterocycles. The van der Waals surface area contributed by atoms with Crippen molar-refractivity contribution in [3.63, 3.8) is 0 Å². The minimum Gasteiger partial charge on any atom is -0.343 e. The van der Waals surface area contributed by atoms with Crippen LogP contribution in [0.4, 0.5) is 0 Å². The first-order chi connectivity index (χ1) is 9.18. The maximum absolute atomic E-state index is 12.0. The number of piperidine rings is 1. The molecule has 2 rings (SSSR count). The zero-order chi connectivity index (χ0) is 13.7. The highest BCUT2D eigenvalue weighted by atomic mass is 16.2. The molecule has 1 aromatic rings. The fourth-order valence-corrected chi connectivity index (χ4v) is 2.58. The average molecular weight is 264 g/mol. The summed E-state index contributed by atoms with van der Waals surface area (Å²) in [7, 11) is 1.99. The summed E-state index contributed by atoms with van der Waals surface area (Å²) >= 11 is 0. The van der Waals surface area contributed by atoms with Crippen LogP contribution >= 0.6 is 0 Å². The fourth-order valence-electron chi connectivity index (χ4n) is 2.58. The van der Waals surface area contributed by atoms with Crippen LogP contribution in [0.25, 0.3) is 0 Å². The lowest BCUT2D eigenvalue weighted by molar-refractivity contribution is -0.132. The van der Waals surface area contributed by atoms with Gasteiger partial charge in [0.15, 0.2) is 0 Å². The van der Waals surface area contributed by atoms with Crippen molar-refractivity contribution < 1.29 is 4.79 Å². The molecule has 1 N–H and O–H groups in total. The standard InChI is InChI=1S/C14H24N4O/c1-12(14-16-8-11-17(14)2)15-7-6-13(19)18-9-4-3-5-10-18/h8,11-12,15H,3-7,9-10H2,1-2H3. The Morgan fingerprint density at radius 2 is 2.16 bits per heavy atom. The number of carbonyl (C=O) groups is 1. The first kappa shape index (κ1) is 14.1. The molecule has 19 heavy (non-hydrogen) atoms. The van der Waals surface area contributed by atoms with Crippen LogP contribution in [0.3, 0.4) is 0 Å². The second-order valence-electron chi connectivity index (χ2n) is 5.26. The molecule has 0 spiro atoms.